The van der Waals surface area contributed by atoms with E-state index < -0.39 is 80.3 Å². The van der Waals surface area contributed by atoms with Crippen LogP contribution in [0.4, 0.5) is 0 Å². The minimum Gasteiger partial charge on any atom is -0.509 e. The summed E-state index contributed by atoms with van der Waals surface area (Å²) in [5.74, 6) is -5.58. The number of aliphatic imine (C=N–C) groups is 1. The summed E-state index contributed by atoms with van der Waals surface area (Å²) in [4.78, 5) is 45.4. The number of rotatable bonds is 12. The Balaban J connectivity index is 1.55. The molecule has 1 aromatic rings. The number of aliphatic hydroxyl groups excluding tert-OH is 2. The van der Waals surface area contributed by atoms with Crippen molar-refractivity contribution in [1.82, 2.24) is 5.32 Å². The molecule has 2 fully saturated rings. The third-order valence-electron chi connectivity index (χ3n) is 15.4. The van der Waals surface area contributed by atoms with Gasteiger partial charge < -0.3 is 42.3 Å². The fourth-order valence-corrected chi connectivity index (χ4v) is 12.4. The van der Waals surface area contributed by atoms with E-state index in [1.54, 1.807) is 19.2 Å². The molecule has 56 heavy (non-hydrogen) atoms. The van der Waals surface area contributed by atoms with Crippen molar-refractivity contribution < 1.29 is 39.9 Å². The molecule has 0 heterocycles. The van der Waals surface area contributed by atoms with Crippen LogP contribution < -0.4 is 16.8 Å². The number of Topliss-reactive ketones (excluding diaryl/α,β-unsaturated/α-hetero) is 2. The van der Waals surface area contributed by atoms with E-state index in [2.05, 4.69) is 17.2 Å². The predicted molar refractivity (Wildman–Crippen MR) is 214 cm³/mol. The fourth-order valence-electron chi connectivity index (χ4n) is 12.4. The lowest BCUT2D eigenvalue weighted by Gasteiger charge is -2.68. The van der Waals surface area contributed by atoms with Crippen molar-refractivity contribution in [3.63, 3.8) is 0 Å². The highest BCUT2D eigenvalue weighted by Gasteiger charge is 2.78. The van der Waals surface area contributed by atoms with Gasteiger partial charge in [0.05, 0.1) is 11.2 Å². The Morgan fingerprint density at radius 3 is 2.32 bits per heavy atom. The van der Waals surface area contributed by atoms with Gasteiger partial charge in [-0.1, -0.05) is 90.1 Å². The minimum absolute atomic E-state index is 0.0141. The maximum atomic E-state index is 15.1. The first-order chi connectivity index (χ1) is 26.1. The van der Waals surface area contributed by atoms with E-state index in [1.807, 2.05) is 77.1 Å². The standard InChI is InChI=1S/C44H60N4O8/c1-24(27(23-48-38(45)46)34(52)33(51)26(37(53)54)16-20-47-7)29-21-43(55)18-19-44(56)28(14-13-25-11-9-8-10-12-25)35-39(2,3)31(50)15-17-40(35,4)32-30(49)22-41(29,5)42(43,6)36(32)44/h8-14,18-19,24,27-29,34-35,47,51-52,55-56H,15-17,20-23H2,1-7H3,(H,53,54)(H4,45,46,48)/b14-13+,33-26-/t24-,27-,28+,29-,34+,35-,40-,41-,42+,43+,44-/m1/s1. The lowest BCUT2D eigenvalue weighted by atomic mass is 9.36. The van der Waals surface area contributed by atoms with E-state index in [0.29, 0.717) is 17.6 Å². The van der Waals surface area contributed by atoms with Gasteiger partial charge in [-0.3, -0.25) is 14.6 Å². The number of aliphatic hydroxyl groups is 4. The Kier molecular flexibility index (Phi) is 10.4. The summed E-state index contributed by atoms with van der Waals surface area (Å²) in [6, 6.07) is 9.71. The van der Waals surface area contributed by atoms with E-state index in [1.165, 1.54) is 0 Å². The van der Waals surface area contributed by atoms with Crippen molar-refractivity contribution in [2.75, 3.05) is 20.1 Å². The van der Waals surface area contributed by atoms with E-state index in [-0.39, 0.29) is 61.9 Å². The van der Waals surface area contributed by atoms with Crippen LogP contribution in [0.3, 0.4) is 0 Å². The molecule has 0 radical (unpaired) electrons. The number of carboxylic acids is 1. The molecule has 2 saturated carbocycles. The molecule has 0 unspecified atom stereocenters. The fraction of sp³-hybridized carbons (Fsp3) is 0.591. The molecule has 10 N–H and O–H groups in total. The first-order valence-electron chi connectivity index (χ1n) is 19.8. The molecular formula is C44H60N4O8. The number of carbonyl (C=O) groups excluding carboxylic acids is 2. The third kappa shape index (κ3) is 5.84. The summed E-state index contributed by atoms with van der Waals surface area (Å²) in [6.07, 6.45) is 6.35. The molecule has 11 atom stereocenters. The van der Waals surface area contributed by atoms with Crippen LogP contribution in [0.1, 0.15) is 79.2 Å². The van der Waals surface area contributed by atoms with Gasteiger partial charge in [-0.05, 0) is 73.2 Å². The zero-order valence-corrected chi connectivity index (χ0v) is 33.7. The monoisotopic (exact) mass is 772 g/mol. The van der Waals surface area contributed by atoms with Crippen molar-refractivity contribution in [2.24, 2.45) is 67.7 Å². The van der Waals surface area contributed by atoms with Crippen LogP contribution in [-0.2, 0) is 14.4 Å². The van der Waals surface area contributed by atoms with Crippen LogP contribution in [0.5, 0.6) is 0 Å². The molecule has 1 aromatic carbocycles. The first kappa shape index (κ1) is 41.5. The van der Waals surface area contributed by atoms with Gasteiger partial charge >= 0.3 is 5.97 Å². The second kappa shape index (κ2) is 14.1. The van der Waals surface area contributed by atoms with Crippen LogP contribution >= 0.6 is 0 Å². The lowest BCUT2D eigenvalue weighted by molar-refractivity contribution is -0.162. The molecule has 5 aliphatic rings. The normalized spacial score (nSPS) is 37.7. The molecule has 12 heteroatoms. The van der Waals surface area contributed by atoms with Gasteiger partial charge in [0.25, 0.3) is 0 Å². The van der Waals surface area contributed by atoms with Crippen LogP contribution in [0.25, 0.3) is 6.08 Å². The van der Waals surface area contributed by atoms with Gasteiger partial charge in [0, 0.05) is 53.0 Å². The van der Waals surface area contributed by atoms with Crippen molar-refractivity contribution in [3.8, 4) is 0 Å². The number of benzene rings is 1. The van der Waals surface area contributed by atoms with E-state index in [9.17, 15) is 35.1 Å². The first-order valence-corrected chi connectivity index (χ1v) is 19.8. The second-order valence-corrected chi connectivity index (χ2v) is 18.4. The van der Waals surface area contributed by atoms with Gasteiger partial charge in [-0.15, -0.1) is 0 Å². The molecule has 0 aliphatic heterocycles. The molecule has 12 nitrogen and oxygen atoms in total. The SMILES string of the molecule is CNCC/C(C(=O)O)=C(/O)[C@@H](O)[C@H](CN=C(N)N)[C@@H](C)[C@H]1C[C@@]2(O)C=C[C@]3(O)C4=C(C(=O)C[C@@]1(C)[C@]42C)[C@@]1(C)CCC(=O)C(C)(C)[C@H]1[C@@H]3/C=C/c1ccccc1. The quantitative estimate of drug-likeness (QED) is 0.0497. The second-order valence-electron chi connectivity index (χ2n) is 18.4. The van der Waals surface area contributed by atoms with Gasteiger partial charge in [0.15, 0.2) is 11.7 Å². The summed E-state index contributed by atoms with van der Waals surface area (Å²) in [7, 11) is 1.65. The Morgan fingerprint density at radius 1 is 1.05 bits per heavy atom. The maximum Gasteiger partial charge on any atom is 0.335 e. The Bertz CT molecular complexity index is 1950. The minimum atomic E-state index is -1.75. The summed E-state index contributed by atoms with van der Waals surface area (Å²) in [5.41, 5.74) is 5.80. The summed E-state index contributed by atoms with van der Waals surface area (Å²) in [6.45, 7) is 11.7. The summed E-state index contributed by atoms with van der Waals surface area (Å²) < 4.78 is 0. The van der Waals surface area contributed by atoms with Crippen LogP contribution in [0.15, 0.2) is 76.0 Å². The zero-order valence-electron chi connectivity index (χ0n) is 33.7. The highest BCUT2D eigenvalue weighted by atomic mass is 16.4. The molecule has 0 spiro atoms. The van der Waals surface area contributed by atoms with Crippen LogP contribution in [-0.4, -0.2) is 86.5 Å². The Labute approximate surface area is 329 Å². The maximum absolute atomic E-state index is 15.1. The molecular weight excluding hydrogens is 713 g/mol. The van der Waals surface area contributed by atoms with Gasteiger partial charge in [-0.25, -0.2) is 4.79 Å². The topological polar surface area (TPSA) is 229 Å². The highest BCUT2D eigenvalue weighted by Crippen LogP contribution is 2.78. The summed E-state index contributed by atoms with van der Waals surface area (Å²) in [5, 5.41) is 62.5. The number of guanidine groups is 1. The van der Waals surface area contributed by atoms with Gasteiger partial charge in [-0.2, -0.15) is 0 Å². The number of ketones is 2. The number of aliphatic carboxylic acids is 1. The van der Waals surface area contributed by atoms with Crippen molar-refractivity contribution in [1.29, 1.82) is 0 Å². The lowest BCUT2D eigenvalue weighted by Crippen LogP contribution is -2.69. The smallest absolute Gasteiger partial charge is 0.335 e. The number of hydrogen-bond donors (Lipinski definition) is 8. The Morgan fingerprint density at radius 2 is 1.71 bits per heavy atom. The molecule has 5 aliphatic carbocycles. The van der Waals surface area contributed by atoms with Crippen LogP contribution in [0, 0.1) is 51.2 Å². The summed E-state index contributed by atoms with van der Waals surface area (Å²) >= 11 is 0. The zero-order chi connectivity index (χ0) is 41.4. The molecule has 0 saturated heterocycles. The third-order valence-corrected chi connectivity index (χ3v) is 15.4. The molecule has 6 rings (SSSR count). The Hall–Kier alpha value is -4.10. The van der Waals surface area contributed by atoms with Crippen molar-refractivity contribution >= 4 is 29.6 Å². The largest absolute Gasteiger partial charge is 0.509 e. The number of nitrogens with two attached hydrogens (primary N) is 2. The van der Waals surface area contributed by atoms with Gasteiger partial charge in [0.1, 0.15) is 23.2 Å². The van der Waals surface area contributed by atoms with Crippen molar-refractivity contribution in [3.05, 3.63) is 76.6 Å². The number of carboxylic acid groups (broad SMARTS) is 1. The number of nitrogens with zero attached hydrogens (tertiary/aromatic N) is 1. The predicted octanol–water partition coefficient (Wildman–Crippen LogP) is 4.07. The molecule has 0 bridgehead atoms. The number of hydrogen-bond acceptors (Lipinski definition) is 9. The van der Waals surface area contributed by atoms with E-state index >= 15 is 4.79 Å². The highest BCUT2D eigenvalue weighted by molar-refractivity contribution is 6.02. The van der Waals surface area contributed by atoms with E-state index in [4.69, 9.17) is 11.5 Å². The number of nitrogens with one attached hydrogen (secondary N) is 1. The van der Waals surface area contributed by atoms with Crippen LogP contribution in [0.2, 0.25) is 0 Å². The number of allylic oxidation sites excluding steroid dienone is 1. The number of carbonyl (C=O) groups is 3. The average Bonchev–Trinajstić information content (AvgIpc) is 3.31. The average molecular weight is 773 g/mol. The molecule has 0 aromatic heterocycles. The molecule has 0 amide bonds. The van der Waals surface area contributed by atoms with E-state index in [0.717, 1.165) is 5.56 Å². The van der Waals surface area contributed by atoms with Gasteiger partial charge in [0.2, 0.25) is 0 Å². The molecule has 304 valence electrons. The van der Waals surface area contributed by atoms with Crippen molar-refractivity contribution in [2.45, 2.75) is 91.0 Å². The number of fused-ring (bicyclic) bond motifs is 2.